The lowest BCUT2D eigenvalue weighted by Crippen LogP contribution is -2.24. The first-order valence-electron chi connectivity index (χ1n) is 6.93. The molecule has 2 rings (SSSR count). The SMILES string of the molecule is CCCNC(Cc1ccccc1F)c1cccc(Cl)c1. The fraction of sp³-hybridized carbons (Fsp3) is 0.294. The summed E-state index contributed by atoms with van der Waals surface area (Å²) < 4.78 is 13.8. The fourth-order valence-electron chi connectivity index (χ4n) is 2.23. The van der Waals surface area contributed by atoms with Crippen LogP contribution in [0, 0.1) is 5.82 Å². The van der Waals surface area contributed by atoms with Gasteiger partial charge in [-0.15, -0.1) is 0 Å². The Kier molecular flexibility index (Phi) is 5.57. The van der Waals surface area contributed by atoms with E-state index in [9.17, 15) is 4.39 Å². The molecule has 0 heterocycles. The van der Waals surface area contributed by atoms with Crippen LogP contribution in [-0.4, -0.2) is 6.54 Å². The van der Waals surface area contributed by atoms with Crippen LogP contribution in [0.25, 0.3) is 0 Å². The molecule has 2 aromatic rings. The van der Waals surface area contributed by atoms with Gasteiger partial charge in [0.1, 0.15) is 5.82 Å². The highest BCUT2D eigenvalue weighted by Crippen LogP contribution is 2.22. The molecule has 0 aliphatic carbocycles. The lowest BCUT2D eigenvalue weighted by atomic mass is 9.98. The summed E-state index contributed by atoms with van der Waals surface area (Å²) in [6, 6.07) is 14.7. The summed E-state index contributed by atoms with van der Waals surface area (Å²) in [5, 5.41) is 4.17. The Morgan fingerprint density at radius 2 is 1.95 bits per heavy atom. The van der Waals surface area contributed by atoms with E-state index in [0.717, 1.165) is 24.1 Å². The third-order valence-electron chi connectivity index (χ3n) is 3.27. The van der Waals surface area contributed by atoms with Crippen molar-refractivity contribution < 1.29 is 4.39 Å². The minimum Gasteiger partial charge on any atom is -0.310 e. The summed E-state index contributed by atoms with van der Waals surface area (Å²) in [6.45, 7) is 3.01. The van der Waals surface area contributed by atoms with Gasteiger partial charge in [0, 0.05) is 11.1 Å². The Labute approximate surface area is 124 Å². The van der Waals surface area contributed by atoms with Gasteiger partial charge in [-0.2, -0.15) is 0 Å². The van der Waals surface area contributed by atoms with Gasteiger partial charge in [0.15, 0.2) is 0 Å². The molecule has 0 amide bonds. The molecule has 1 nitrogen and oxygen atoms in total. The summed E-state index contributed by atoms with van der Waals surface area (Å²) in [4.78, 5) is 0. The monoisotopic (exact) mass is 291 g/mol. The molecule has 0 radical (unpaired) electrons. The van der Waals surface area contributed by atoms with E-state index in [2.05, 4.69) is 12.2 Å². The van der Waals surface area contributed by atoms with E-state index in [1.165, 1.54) is 6.07 Å². The first kappa shape index (κ1) is 15.0. The molecule has 0 spiro atoms. The predicted octanol–water partition coefficient (Wildman–Crippen LogP) is 4.76. The number of hydrogen-bond donors (Lipinski definition) is 1. The maximum atomic E-state index is 13.8. The van der Waals surface area contributed by atoms with Gasteiger partial charge in [0.05, 0.1) is 0 Å². The van der Waals surface area contributed by atoms with Gasteiger partial charge in [0.25, 0.3) is 0 Å². The highest BCUT2D eigenvalue weighted by molar-refractivity contribution is 6.30. The summed E-state index contributed by atoms with van der Waals surface area (Å²) in [7, 11) is 0. The second kappa shape index (κ2) is 7.41. The fourth-order valence-corrected chi connectivity index (χ4v) is 2.43. The second-order valence-electron chi connectivity index (χ2n) is 4.86. The molecular weight excluding hydrogens is 273 g/mol. The highest BCUT2D eigenvalue weighted by atomic mass is 35.5. The van der Waals surface area contributed by atoms with Gasteiger partial charge in [-0.05, 0) is 48.7 Å². The van der Waals surface area contributed by atoms with Crippen molar-refractivity contribution in [2.24, 2.45) is 0 Å². The highest BCUT2D eigenvalue weighted by Gasteiger charge is 2.14. The zero-order chi connectivity index (χ0) is 14.4. The van der Waals surface area contributed by atoms with E-state index in [1.54, 1.807) is 6.07 Å². The van der Waals surface area contributed by atoms with E-state index in [0.29, 0.717) is 11.4 Å². The van der Waals surface area contributed by atoms with E-state index in [1.807, 2.05) is 36.4 Å². The molecule has 1 atom stereocenters. The van der Waals surface area contributed by atoms with Crippen molar-refractivity contribution in [3.8, 4) is 0 Å². The zero-order valence-corrected chi connectivity index (χ0v) is 12.3. The van der Waals surface area contributed by atoms with E-state index in [-0.39, 0.29) is 11.9 Å². The van der Waals surface area contributed by atoms with Crippen LogP contribution in [0.3, 0.4) is 0 Å². The van der Waals surface area contributed by atoms with Crippen molar-refractivity contribution in [2.45, 2.75) is 25.8 Å². The molecule has 0 saturated carbocycles. The number of nitrogens with one attached hydrogen (secondary N) is 1. The molecule has 0 fully saturated rings. The molecule has 1 N–H and O–H groups in total. The predicted molar refractivity (Wildman–Crippen MR) is 82.6 cm³/mol. The summed E-state index contributed by atoms with van der Waals surface area (Å²) >= 11 is 6.06. The third kappa shape index (κ3) is 4.06. The molecule has 0 saturated heterocycles. The van der Waals surface area contributed by atoms with Crippen molar-refractivity contribution in [1.82, 2.24) is 5.32 Å². The largest absolute Gasteiger partial charge is 0.310 e. The van der Waals surface area contributed by atoms with Crippen molar-refractivity contribution in [3.05, 3.63) is 70.5 Å². The summed E-state index contributed by atoms with van der Waals surface area (Å²) in [5.74, 6) is -0.155. The Morgan fingerprint density at radius 1 is 1.15 bits per heavy atom. The third-order valence-corrected chi connectivity index (χ3v) is 3.51. The molecular formula is C17H19ClFN. The molecule has 0 bridgehead atoms. The molecule has 3 heteroatoms. The van der Waals surface area contributed by atoms with Gasteiger partial charge < -0.3 is 5.32 Å². The minimum atomic E-state index is -0.155. The first-order chi connectivity index (χ1) is 9.70. The van der Waals surface area contributed by atoms with Crippen LogP contribution in [0.15, 0.2) is 48.5 Å². The quantitative estimate of drug-likeness (QED) is 0.809. The Balaban J connectivity index is 2.21. The van der Waals surface area contributed by atoms with Crippen molar-refractivity contribution in [3.63, 3.8) is 0 Å². The van der Waals surface area contributed by atoms with Crippen LogP contribution in [0.2, 0.25) is 5.02 Å². The number of halogens is 2. The lowest BCUT2D eigenvalue weighted by molar-refractivity contribution is 0.513. The summed E-state index contributed by atoms with van der Waals surface area (Å²) in [5.41, 5.74) is 1.82. The standard InChI is InChI=1S/C17H19ClFN/c1-2-10-20-17(14-7-5-8-15(18)11-14)12-13-6-3-4-9-16(13)19/h3-9,11,17,20H,2,10,12H2,1H3. The molecule has 0 aliphatic heterocycles. The molecule has 106 valence electrons. The topological polar surface area (TPSA) is 12.0 Å². The first-order valence-corrected chi connectivity index (χ1v) is 7.30. The zero-order valence-electron chi connectivity index (χ0n) is 11.6. The average Bonchev–Trinajstić information content (AvgIpc) is 2.45. The van der Waals surface area contributed by atoms with Crippen LogP contribution in [-0.2, 0) is 6.42 Å². The molecule has 1 unspecified atom stereocenters. The maximum absolute atomic E-state index is 13.8. The van der Waals surface area contributed by atoms with E-state index in [4.69, 9.17) is 11.6 Å². The van der Waals surface area contributed by atoms with Gasteiger partial charge in [-0.3, -0.25) is 0 Å². The van der Waals surface area contributed by atoms with Crippen molar-refractivity contribution in [1.29, 1.82) is 0 Å². The second-order valence-corrected chi connectivity index (χ2v) is 5.29. The van der Waals surface area contributed by atoms with Crippen LogP contribution in [0.1, 0.15) is 30.5 Å². The van der Waals surface area contributed by atoms with Crippen LogP contribution < -0.4 is 5.32 Å². The lowest BCUT2D eigenvalue weighted by Gasteiger charge is -2.19. The van der Waals surface area contributed by atoms with Crippen LogP contribution >= 0.6 is 11.6 Å². The van der Waals surface area contributed by atoms with Gasteiger partial charge in [0.2, 0.25) is 0 Å². The van der Waals surface area contributed by atoms with Gasteiger partial charge in [-0.1, -0.05) is 48.9 Å². The number of benzene rings is 2. The van der Waals surface area contributed by atoms with Gasteiger partial charge >= 0.3 is 0 Å². The summed E-state index contributed by atoms with van der Waals surface area (Å²) in [6.07, 6.45) is 1.65. The molecule has 20 heavy (non-hydrogen) atoms. The van der Waals surface area contributed by atoms with E-state index >= 15 is 0 Å². The smallest absolute Gasteiger partial charge is 0.126 e. The maximum Gasteiger partial charge on any atom is 0.126 e. The normalized spacial score (nSPS) is 12.3. The minimum absolute atomic E-state index is 0.0746. The van der Waals surface area contributed by atoms with E-state index < -0.39 is 0 Å². The Hall–Kier alpha value is -1.38. The molecule has 0 aromatic heterocycles. The van der Waals surface area contributed by atoms with Crippen molar-refractivity contribution >= 4 is 11.6 Å². The Bertz CT molecular complexity index is 556. The molecule has 0 aliphatic rings. The number of rotatable bonds is 6. The molecule has 2 aromatic carbocycles. The van der Waals surface area contributed by atoms with Gasteiger partial charge in [-0.25, -0.2) is 4.39 Å². The Morgan fingerprint density at radius 3 is 2.65 bits per heavy atom. The van der Waals surface area contributed by atoms with Crippen LogP contribution in [0.4, 0.5) is 4.39 Å². The number of hydrogen-bond acceptors (Lipinski definition) is 1. The average molecular weight is 292 g/mol. The van der Waals surface area contributed by atoms with Crippen molar-refractivity contribution in [2.75, 3.05) is 6.54 Å². The van der Waals surface area contributed by atoms with Crippen LogP contribution in [0.5, 0.6) is 0 Å².